The summed E-state index contributed by atoms with van der Waals surface area (Å²) in [7, 11) is 0. The molecule has 3 heteroatoms. The van der Waals surface area contributed by atoms with Gasteiger partial charge >= 0.3 is 5.97 Å². The second kappa shape index (κ2) is 2.97. The van der Waals surface area contributed by atoms with Crippen molar-refractivity contribution in [3.8, 4) is 0 Å². The minimum atomic E-state index is -0.348. The van der Waals surface area contributed by atoms with Crippen molar-refractivity contribution >= 4 is 28.6 Å². The lowest BCUT2D eigenvalue weighted by atomic mass is 9.67. The molecule has 2 atom stereocenters. The average Bonchev–Trinajstić information content (AvgIpc) is 2.38. The quantitative estimate of drug-likeness (QED) is 0.391. The number of halogens is 1. The van der Waals surface area contributed by atoms with Crippen LogP contribution in [0.3, 0.4) is 0 Å². The summed E-state index contributed by atoms with van der Waals surface area (Å²) >= 11 is 2.40. The monoisotopic (exact) mass is 306 g/mol. The van der Waals surface area contributed by atoms with Gasteiger partial charge in [-0.3, -0.25) is 0 Å². The van der Waals surface area contributed by atoms with Gasteiger partial charge < -0.3 is 4.74 Å². The van der Waals surface area contributed by atoms with Crippen molar-refractivity contribution in [2.45, 2.75) is 43.1 Å². The van der Waals surface area contributed by atoms with E-state index in [9.17, 15) is 4.79 Å². The SMILES string of the molecule is CC1(C)CC[C@H](I)[C@@]2(C)OC(=O)C=C12. The van der Waals surface area contributed by atoms with Crippen LogP contribution in [0.15, 0.2) is 11.6 Å². The molecule has 14 heavy (non-hydrogen) atoms. The van der Waals surface area contributed by atoms with Gasteiger partial charge in [-0.15, -0.1) is 0 Å². The number of carbonyl (C=O) groups excluding carboxylic acids is 1. The molecule has 2 aliphatic rings. The fourth-order valence-corrected chi connectivity index (χ4v) is 3.33. The summed E-state index contributed by atoms with van der Waals surface area (Å²) in [6.45, 7) is 6.44. The lowest BCUT2D eigenvalue weighted by Gasteiger charge is -2.44. The van der Waals surface area contributed by atoms with Crippen molar-refractivity contribution in [3.63, 3.8) is 0 Å². The van der Waals surface area contributed by atoms with Crippen molar-refractivity contribution in [2.24, 2.45) is 5.41 Å². The van der Waals surface area contributed by atoms with E-state index >= 15 is 0 Å². The van der Waals surface area contributed by atoms with E-state index in [0.29, 0.717) is 3.92 Å². The van der Waals surface area contributed by atoms with Crippen LogP contribution in [0.5, 0.6) is 0 Å². The summed E-state index contributed by atoms with van der Waals surface area (Å²) in [4.78, 5) is 11.3. The van der Waals surface area contributed by atoms with E-state index < -0.39 is 0 Å². The van der Waals surface area contributed by atoms with Gasteiger partial charge in [0.2, 0.25) is 0 Å². The third-order valence-electron chi connectivity index (χ3n) is 3.46. The van der Waals surface area contributed by atoms with Gasteiger partial charge in [0.05, 0.1) is 3.92 Å². The van der Waals surface area contributed by atoms with Crippen LogP contribution in [-0.2, 0) is 9.53 Å². The molecule has 0 N–H and O–H groups in total. The van der Waals surface area contributed by atoms with Crippen molar-refractivity contribution in [1.82, 2.24) is 0 Å². The highest BCUT2D eigenvalue weighted by Gasteiger charge is 2.52. The minimum Gasteiger partial charge on any atom is -0.450 e. The first-order chi connectivity index (χ1) is 6.36. The second-order valence-electron chi connectivity index (χ2n) is 4.98. The Hall–Kier alpha value is -0.0600. The van der Waals surface area contributed by atoms with E-state index in [1.807, 2.05) is 6.92 Å². The maximum atomic E-state index is 11.3. The second-order valence-corrected chi connectivity index (χ2v) is 6.48. The molecule has 1 heterocycles. The van der Waals surface area contributed by atoms with Crippen molar-refractivity contribution in [2.75, 3.05) is 0 Å². The smallest absolute Gasteiger partial charge is 0.331 e. The first-order valence-electron chi connectivity index (χ1n) is 4.96. The van der Waals surface area contributed by atoms with E-state index in [1.54, 1.807) is 6.08 Å². The molecule has 1 saturated carbocycles. The summed E-state index contributed by atoms with van der Waals surface area (Å²) in [5.41, 5.74) is 0.947. The Kier molecular flexibility index (Phi) is 2.22. The van der Waals surface area contributed by atoms with Crippen LogP contribution >= 0.6 is 22.6 Å². The molecule has 0 unspecified atom stereocenters. The molecule has 2 nitrogen and oxygen atoms in total. The molecule has 0 aromatic heterocycles. The number of alkyl halides is 1. The van der Waals surface area contributed by atoms with E-state index in [4.69, 9.17) is 4.74 Å². The van der Waals surface area contributed by atoms with Crippen molar-refractivity contribution < 1.29 is 9.53 Å². The maximum absolute atomic E-state index is 11.3. The Bertz CT molecular complexity index is 319. The Labute approximate surface area is 98.2 Å². The molecule has 1 fully saturated rings. The molecule has 0 bridgehead atoms. The average molecular weight is 306 g/mol. The Morgan fingerprint density at radius 2 is 2.14 bits per heavy atom. The van der Waals surface area contributed by atoms with Gasteiger partial charge in [0.1, 0.15) is 5.60 Å². The highest BCUT2D eigenvalue weighted by Crippen LogP contribution is 2.52. The Balaban J connectivity index is 2.46. The molecule has 0 saturated heterocycles. The van der Waals surface area contributed by atoms with Gasteiger partial charge in [0, 0.05) is 6.08 Å². The molecule has 1 aliphatic heterocycles. The van der Waals surface area contributed by atoms with Crippen LogP contribution < -0.4 is 0 Å². The molecular formula is C11H15IO2. The number of fused-ring (bicyclic) bond motifs is 1. The number of rotatable bonds is 0. The van der Waals surface area contributed by atoms with Crippen LogP contribution in [0.25, 0.3) is 0 Å². The fraction of sp³-hybridized carbons (Fsp3) is 0.727. The highest BCUT2D eigenvalue weighted by molar-refractivity contribution is 14.1. The summed E-state index contributed by atoms with van der Waals surface area (Å²) in [5, 5.41) is 0. The fourth-order valence-electron chi connectivity index (χ4n) is 2.55. The predicted molar refractivity (Wildman–Crippen MR) is 63.4 cm³/mol. The van der Waals surface area contributed by atoms with E-state index in [-0.39, 0.29) is 17.0 Å². The third-order valence-corrected chi connectivity index (χ3v) is 5.27. The van der Waals surface area contributed by atoms with Gasteiger partial charge in [-0.05, 0) is 30.8 Å². The zero-order chi connectivity index (χ0) is 10.6. The predicted octanol–water partition coefficient (Wildman–Crippen LogP) is 2.85. The maximum Gasteiger partial charge on any atom is 0.331 e. The van der Waals surface area contributed by atoms with Crippen molar-refractivity contribution in [3.05, 3.63) is 11.6 Å². The molecular weight excluding hydrogens is 291 g/mol. The summed E-state index contributed by atoms with van der Waals surface area (Å²) in [6.07, 6.45) is 3.96. The van der Waals surface area contributed by atoms with E-state index in [1.165, 1.54) is 5.57 Å². The van der Waals surface area contributed by atoms with Gasteiger partial charge in [0.15, 0.2) is 0 Å². The lowest BCUT2D eigenvalue weighted by Crippen LogP contribution is -2.46. The largest absolute Gasteiger partial charge is 0.450 e. The minimum absolute atomic E-state index is 0.114. The van der Waals surface area contributed by atoms with Crippen molar-refractivity contribution in [1.29, 1.82) is 0 Å². The first kappa shape index (κ1) is 10.5. The normalized spacial score (nSPS) is 40.1. The van der Waals surface area contributed by atoms with Crippen LogP contribution in [0, 0.1) is 5.41 Å². The number of esters is 1. The zero-order valence-electron chi connectivity index (χ0n) is 8.76. The van der Waals surface area contributed by atoms with Crippen LogP contribution in [0.4, 0.5) is 0 Å². The Morgan fingerprint density at radius 1 is 1.50 bits per heavy atom. The first-order valence-corrected chi connectivity index (χ1v) is 6.20. The van der Waals surface area contributed by atoms with Crippen LogP contribution in [-0.4, -0.2) is 15.5 Å². The van der Waals surface area contributed by atoms with Crippen LogP contribution in [0.2, 0.25) is 0 Å². The third kappa shape index (κ3) is 1.32. The van der Waals surface area contributed by atoms with E-state index in [2.05, 4.69) is 36.4 Å². The number of hydrogen-bond donors (Lipinski definition) is 0. The number of carbonyl (C=O) groups is 1. The molecule has 0 amide bonds. The highest BCUT2D eigenvalue weighted by atomic mass is 127. The summed E-state index contributed by atoms with van der Waals surface area (Å²) < 4.78 is 5.87. The number of hydrogen-bond acceptors (Lipinski definition) is 2. The summed E-state index contributed by atoms with van der Waals surface area (Å²) in [5.74, 6) is -0.167. The van der Waals surface area contributed by atoms with E-state index in [0.717, 1.165) is 12.8 Å². The molecule has 0 spiro atoms. The Morgan fingerprint density at radius 3 is 2.71 bits per heavy atom. The molecule has 78 valence electrons. The standard InChI is InChI=1S/C11H15IO2/c1-10(2)5-4-8(12)11(3)7(10)6-9(13)14-11/h6,8H,4-5H2,1-3H3/t8-,11-/m0/s1. The van der Waals surface area contributed by atoms with Gasteiger partial charge in [-0.25, -0.2) is 4.79 Å². The molecule has 1 aliphatic carbocycles. The molecule has 0 aromatic carbocycles. The summed E-state index contributed by atoms with van der Waals surface area (Å²) in [6, 6.07) is 0. The molecule has 0 aromatic rings. The lowest BCUT2D eigenvalue weighted by molar-refractivity contribution is -0.145. The van der Waals surface area contributed by atoms with Crippen LogP contribution in [0.1, 0.15) is 33.6 Å². The van der Waals surface area contributed by atoms with Gasteiger partial charge in [0.25, 0.3) is 0 Å². The molecule has 2 rings (SSSR count). The molecule has 0 radical (unpaired) electrons. The van der Waals surface area contributed by atoms with Gasteiger partial charge in [-0.1, -0.05) is 36.4 Å². The topological polar surface area (TPSA) is 26.3 Å². The van der Waals surface area contributed by atoms with Gasteiger partial charge in [-0.2, -0.15) is 0 Å². The zero-order valence-corrected chi connectivity index (χ0v) is 10.9. The number of ether oxygens (including phenoxy) is 1.